The Labute approximate surface area is 99.4 Å². The Morgan fingerprint density at radius 1 is 1.31 bits per heavy atom. The predicted molar refractivity (Wildman–Crippen MR) is 63.1 cm³/mol. The summed E-state index contributed by atoms with van der Waals surface area (Å²) < 4.78 is 5.36. The van der Waals surface area contributed by atoms with Crippen molar-refractivity contribution in [2.24, 2.45) is 5.73 Å². The van der Waals surface area contributed by atoms with Crippen LogP contribution in [-0.4, -0.2) is 15.9 Å². The maximum atomic E-state index is 6.29. The molecule has 5 heteroatoms. The SMILES string of the molecule is NC1(c2nc(C3CCCS3)no2)CCCC1. The van der Waals surface area contributed by atoms with E-state index in [2.05, 4.69) is 10.1 Å². The first kappa shape index (κ1) is 10.6. The van der Waals surface area contributed by atoms with Crippen LogP contribution in [0.3, 0.4) is 0 Å². The molecular weight excluding hydrogens is 222 g/mol. The van der Waals surface area contributed by atoms with Crippen LogP contribution in [0.1, 0.15) is 55.5 Å². The zero-order valence-corrected chi connectivity index (χ0v) is 10.1. The topological polar surface area (TPSA) is 64.9 Å². The van der Waals surface area contributed by atoms with Crippen LogP contribution in [0.25, 0.3) is 0 Å². The average Bonchev–Trinajstić information content (AvgIpc) is 2.98. The third-order valence-corrected chi connectivity index (χ3v) is 4.95. The zero-order chi connectivity index (χ0) is 11.0. The first-order chi connectivity index (χ1) is 7.78. The Hall–Kier alpha value is -0.550. The number of nitrogens with two attached hydrogens (primary N) is 1. The molecule has 0 spiro atoms. The molecule has 1 aliphatic heterocycles. The van der Waals surface area contributed by atoms with E-state index in [1.165, 1.54) is 31.4 Å². The lowest BCUT2D eigenvalue weighted by atomic mass is 9.99. The summed E-state index contributed by atoms with van der Waals surface area (Å²) in [6, 6.07) is 0. The highest BCUT2D eigenvalue weighted by Gasteiger charge is 2.37. The van der Waals surface area contributed by atoms with Gasteiger partial charge in [0.05, 0.1) is 10.8 Å². The summed E-state index contributed by atoms with van der Waals surface area (Å²) in [6.45, 7) is 0. The molecule has 1 aromatic heterocycles. The van der Waals surface area contributed by atoms with E-state index in [1.807, 2.05) is 11.8 Å². The van der Waals surface area contributed by atoms with Gasteiger partial charge in [-0.1, -0.05) is 18.0 Å². The van der Waals surface area contributed by atoms with Gasteiger partial charge in [0, 0.05) is 0 Å². The fourth-order valence-corrected chi connectivity index (χ4v) is 3.76. The highest BCUT2D eigenvalue weighted by molar-refractivity contribution is 7.99. The Morgan fingerprint density at radius 3 is 2.81 bits per heavy atom. The lowest BCUT2D eigenvalue weighted by molar-refractivity contribution is 0.283. The fourth-order valence-electron chi connectivity index (χ4n) is 2.57. The van der Waals surface area contributed by atoms with Gasteiger partial charge in [-0.2, -0.15) is 16.7 Å². The minimum atomic E-state index is -0.339. The van der Waals surface area contributed by atoms with E-state index in [0.717, 1.165) is 18.7 Å². The van der Waals surface area contributed by atoms with Crippen LogP contribution in [0, 0.1) is 0 Å². The molecule has 4 nitrogen and oxygen atoms in total. The maximum absolute atomic E-state index is 6.29. The first-order valence-electron chi connectivity index (χ1n) is 6.02. The Kier molecular flexibility index (Phi) is 2.67. The summed E-state index contributed by atoms with van der Waals surface area (Å²) >= 11 is 1.92. The normalized spacial score (nSPS) is 28.7. The van der Waals surface area contributed by atoms with Gasteiger partial charge in [-0.3, -0.25) is 0 Å². The second kappa shape index (κ2) is 4.04. The van der Waals surface area contributed by atoms with E-state index < -0.39 is 0 Å². The van der Waals surface area contributed by atoms with Gasteiger partial charge in [0.25, 0.3) is 0 Å². The molecule has 1 unspecified atom stereocenters. The van der Waals surface area contributed by atoms with Gasteiger partial charge >= 0.3 is 0 Å². The zero-order valence-electron chi connectivity index (χ0n) is 9.32. The number of aromatic nitrogens is 2. The quantitative estimate of drug-likeness (QED) is 0.858. The van der Waals surface area contributed by atoms with Crippen molar-refractivity contribution < 1.29 is 4.52 Å². The second-order valence-corrected chi connectivity index (χ2v) is 6.13. The molecule has 1 atom stereocenters. The van der Waals surface area contributed by atoms with Crippen LogP contribution >= 0.6 is 11.8 Å². The van der Waals surface area contributed by atoms with E-state index in [9.17, 15) is 0 Å². The molecule has 1 saturated heterocycles. The van der Waals surface area contributed by atoms with Crippen LogP contribution in [0.15, 0.2) is 4.52 Å². The van der Waals surface area contributed by atoms with Crippen molar-refractivity contribution in [3.8, 4) is 0 Å². The lowest BCUT2D eigenvalue weighted by Gasteiger charge is -2.17. The molecule has 16 heavy (non-hydrogen) atoms. The summed E-state index contributed by atoms with van der Waals surface area (Å²) in [6.07, 6.45) is 6.73. The van der Waals surface area contributed by atoms with E-state index in [4.69, 9.17) is 10.3 Å². The van der Waals surface area contributed by atoms with Gasteiger partial charge < -0.3 is 10.3 Å². The summed E-state index contributed by atoms with van der Waals surface area (Å²) in [5, 5.41) is 4.53. The van der Waals surface area contributed by atoms with Crippen LogP contribution in [-0.2, 0) is 5.54 Å². The molecule has 2 heterocycles. The smallest absolute Gasteiger partial charge is 0.246 e. The van der Waals surface area contributed by atoms with E-state index in [1.54, 1.807) is 0 Å². The molecule has 2 aliphatic rings. The number of hydrogen-bond acceptors (Lipinski definition) is 5. The lowest BCUT2D eigenvalue weighted by Crippen LogP contribution is -2.33. The molecular formula is C11H17N3OS. The molecule has 1 aliphatic carbocycles. The van der Waals surface area contributed by atoms with E-state index in [-0.39, 0.29) is 5.54 Å². The number of hydrogen-bond donors (Lipinski definition) is 1. The molecule has 0 radical (unpaired) electrons. The van der Waals surface area contributed by atoms with Crippen molar-refractivity contribution in [2.45, 2.75) is 49.3 Å². The van der Waals surface area contributed by atoms with E-state index in [0.29, 0.717) is 11.1 Å². The maximum Gasteiger partial charge on any atom is 0.246 e. The van der Waals surface area contributed by atoms with Gasteiger partial charge in [-0.05, 0) is 31.4 Å². The summed E-state index contributed by atoms with van der Waals surface area (Å²) in [7, 11) is 0. The second-order valence-electron chi connectivity index (χ2n) is 4.82. The Bertz CT molecular complexity index is 367. The minimum absolute atomic E-state index is 0.339. The van der Waals surface area contributed by atoms with Crippen LogP contribution in [0.4, 0.5) is 0 Å². The van der Waals surface area contributed by atoms with Crippen molar-refractivity contribution in [1.82, 2.24) is 10.1 Å². The van der Waals surface area contributed by atoms with Gasteiger partial charge in [-0.25, -0.2) is 0 Å². The summed E-state index contributed by atoms with van der Waals surface area (Å²) in [5.41, 5.74) is 5.95. The fraction of sp³-hybridized carbons (Fsp3) is 0.818. The number of thioether (sulfide) groups is 1. The van der Waals surface area contributed by atoms with Gasteiger partial charge in [-0.15, -0.1) is 0 Å². The van der Waals surface area contributed by atoms with Crippen molar-refractivity contribution in [2.75, 3.05) is 5.75 Å². The minimum Gasteiger partial charge on any atom is -0.337 e. The highest BCUT2D eigenvalue weighted by atomic mass is 32.2. The Morgan fingerprint density at radius 2 is 2.12 bits per heavy atom. The van der Waals surface area contributed by atoms with Gasteiger partial charge in [0.2, 0.25) is 5.89 Å². The highest BCUT2D eigenvalue weighted by Crippen LogP contribution is 2.40. The number of rotatable bonds is 2. The van der Waals surface area contributed by atoms with Crippen LogP contribution in [0.2, 0.25) is 0 Å². The molecule has 2 fully saturated rings. The first-order valence-corrected chi connectivity index (χ1v) is 7.07. The van der Waals surface area contributed by atoms with Gasteiger partial charge in [0.1, 0.15) is 0 Å². The molecule has 1 aromatic rings. The molecule has 0 bridgehead atoms. The van der Waals surface area contributed by atoms with Gasteiger partial charge in [0.15, 0.2) is 5.82 Å². The van der Waals surface area contributed by atoms with Crippen molar-refractivity contribution in [3.63, 3.8) is 0 Å². The van der Waals surface area contributed by atoms with E-state index >= 15 is 0 Å². The largest absolute Gasteiger partial charge is 0.337 e. The number of nitrogens with zero attached hydrogens (tertiary/aromatic N) is 2. The molecule has 1 saturated carbocycles. The molecule has 2 N–H and O–H groups in total. The Balaban J connectivity index is 1.81. The molecule has 88 valence electrons. The standard InChI is InChI=1S/C11H17N3OS/c12-11(5-1-2-6-11)10-13-9(14-15-10)8-4-3-7-16-8/h8H,1-7,12H2. The van der Waals surface area contributed by atoms with Crippen molar-refractivity contribution >= 4 is 11.8 Å². The third-order valence-electron chi connectivity index (χ3n) is 3.58. The van der Waals surface area contributed by atoms with Crippen molar-refractivity contribution in [1.29, 1.82) is 0 Å². The summed E-state index contributed by atoms with van der Waals surface area (Å²) in [4.78, 5) is 4.52. The van der Waals surface area contributed by atoms with Crippen molar-refractivity contribution in [3.05, 3.63) is 11.7 Å². The van der Waals surface area contributed by atoms with Crippen LogP contribution in [0.5, 0.6) is 0 Å². The average molecular weight is 239 g/mol. The molecule has 0 aromatic carbocycles. The third kappa shape index (κ3) is 1.76. The van der Waals surface area contributed by atoms with Crippen LogP contribution < -0.4 is 5.73 Å². The predicted octanol–water partition coefficient (Wildman–Crippen LogP) is 2.37. The summed E-state index contributed by atoms with van der Waals surface area (Å²) in [5.74, 6) is 2.73. The monoisotopic (exact) mass is 239 g/mol. The molecule has 0 amide bonds. The molecule has 3 rings (SSSR count).